The van der Waals surface area contributed by atoms with E-state index in [0.717, 1.165) is 22.0 Å². The standard InChI is InChI=1S/C18H17NO2/c1-11-4-6-14(12(2)8-11)13-5-7-17-15(9-13)16(18(20)21)10-19(17)3/h4-10H,1-3H3,(H,20,21). The molecule has 0 atom stereocenters. The third-order valence-electron chi connectivity index (χ3n) is 3.91. The van der Waals surface area contributed by atoms with E-state index in [2.05, 4.69) is 32.0 Å². The molecule has 106 valence electrons. The van der Waals surface area contributed by atoms with Gasteiger partial charge in [0, 0.05) is 24.1 Å². The minimum absolute atomic E-state index is 0.346. The molecule has 0 unspecified atom stereocenters. The molecule has 3 nitrogen and oxygen atoms in total. The van der Waals surface area contributed by atoms with E-state index in [0.29, 0.717) is 5.56 Å². The molecule has 0 saturated heterocycles. The van der Waals surface area contributed by atoms with Gasteiger partial charge in [0.25, 0.3) is 0 Å². The second-order valence-electron chi connectivity index (χ2n) is 5.51. The fourth-order valence-corrected chi connectivity index (χ4v) is 2.87. The third kappa shape index (κ3) is 2.21. The number of carbonyl (C=O) groups is 1. The topological polar surface area (TPSA) is 42.2 Å². The average molecular weight is 279 g/mol. The molecule has 1 aromatic heterocycles. The largest absolute Gasteiger partial charge is 0.478 e. The van der Waals surface area contributed by atoms with Crippen molar-refractivity contribution in [1.29, 1.82) is 0 Å². The number of carboxylic acids is 1. The summed E-state index contributed by atoms with van der Waals surface area (Å²) in [6.07, 6.45) is 1.67. The van der Waals surface area contributed by atoms with Crippen molar-refractivity contribution in [2.45, 2.75) is 13.8 Å². The van der Waals surface area contributed by atoms with Gasteiger partial charge in [0.2, 0.25) is 0 Å². The van der Waals surface area contributed by atoms with Crippen LogP contribution in [-0.2, 0) is 7.05 Å². The number of nitrogens with zero attached hydrogens (tertiary/aromatic N) is 1. The van der Waals surface area contributed by atoms with E-state index in [1.807, 2.05) is 29.8 Å². The van der Waals surface area contributed by atoms with Crippen LogP contribution in [0.5, 0.6) is 0 Å². The summed E-state index contributed by atoms with van der Waals surface area (Å²) in [6.45, 7) is 4.15. The van der Waals surface area contributed by atoms with Crippen molar-refractivity contribution in [3.05, 3.63) is 59.3 Å². The van der Waals surface area contributed by atoms with Crippen LogP contribution in [0.1, 0.15) is 21.5 Å². The lowest BCUT2D eigenvalue weighted by Crippen LogP contribution is -1.94. The molecule has 0 bridgehead atoms. The number of fused-ring (bicyclic) bond motifs is 1. The van der Waals surface area contributed by atoms with Crippen LogP contribution in [0, 0.1) is 13.8 Å². The lowest BCUT2D eigenvalue weighted by Gasteiger charge is -2.08. The van der Waals surface area contributed by atoms with Crippen LogP contribution < -0.4 is 0 Å². The molecule has 0 amide bonds. The highest BCUT2D eigenvalue weighted by molar-refractivity contribution is 6.04. The van der Waals surface area contributed by atoms with Crippen LogP contribution in [0.4, 0.5) is 0 Å². The highest BCUT2D eigenvalue weighted by Crippen LogP contribution is 2.29. The summed E-state index contributed by atoms with van der Waals surface area (Å²) in [5.41, 5.74) is 5.89. The Morgan fingerprint density at radius 2 is 1.86 bits per heavy atom. The molecule has 3 heteroatoms. The minimum atomic E-state index is -0.890. The van der Waals surface area contributed by atoms with Gasteiger partial charge >= 0.3 is 5.97 Å². The van der Waals surface area contributed by atoms with Gasteiger partial charge in [-0.15, -0.1) is 0 Å². The second-order valence-corrected chi connectivity index (χ2v) is 5.51. The lowest BCUT2D eigenvalue weighted by molar-refractivity contribution is 0.0699. The summed E-state index contributed by atoms with van der Waals surface area (Å²) in [7, 11) is 1.87. The predicted octanol–water partition coefficient (Wildman–Crippen LogP) is 4.16. The maximum Gasteiger partial charge on any atom is 0.337 e. The molecular weight excluding hydrogens is 262 g/mol. The van der Waals surface area contributed by atoms with E-state index in [4.69, 9.17) is 0 Å². The maximum absolute atomic E-state index is 11.4. The zero-order valence-electron chi connectivity index (χ0n) is 12.3. The van der Waals surface area contributed by atoms with Crippen molar-refractivity contribution < 1.29 is 9.90 Å². The van der Waals surface area contributed by atoms with Gasteiger partial charge in [0.15, 0.2) is 0 Å². The fourth-order valence-electron chi connectivity index (χ4n) is 2.87. The Morgan fingerprint density at radius 1 is 1.10 bits per heavy atom. The normalized spacial score (nSPS) is 11.0. The molecule has 2 aromatic carbocycles. The molecule has 0 fully saturated rings. The zero-order valence-corrected chi connectivity index (χ0v) is 12.3. The second kappa shape index (κ2) is 4.77. The first-order chi connectivity index (χ1) is 9.97. The smallest absolute Gasteiger partial charge is 0.337 e. The van der Waals surface area contributed by atoms with Crippen LogP contribution >= 0.6 is 0 Å². The van der Waals surface area contributed by atoms with Gasteiger partial charge in [-0.3, -0.25) is 0 Å². The molecular formula is C18H17NO2. The van der Waals surface area contributed by atoms with Gasteiger partial charge in [-0.2, -0.15) is 0 Å². The summed E-state index contributed by atoms with van der Waals surface area (Å²) in [6, 6.07) is 12.3. The van der Waals surface area contributed by atoms with Crippen LogP contribution in [-0.4, -0.2) is 15.6 Å². The van der Waals surface area contributed by atoms with E-state index in [9.17, 15) is 9.90 Å². The van der Waals surface area contributed by atoms with Crippen molar-refractivity contribution in [3.63, 3.8) is 0 Å². The monoisotopic (exact) mass is 279 g/mol. The van der Waals surface area contributed by atoms with Crippen molar-refractivity contribution in [2.75, 3.05) is 0 Å². The van der Waals surface area contributed by atoms with Gasteiger partial charge in [-0.05, 0) is 42.7 Å². The Balaban J connectivity index is 2.25. The molecule has 3 rings (SSSR count). The van der Waals surface area contributed by atoms with Crippen molar-refractivity contribution in [3.8, 4) is 11.1 Å². The third-order valence-corrected chi connectivity index (χ3v) is 3.91. The molecule has 0 aliphatic heterocycles. The maximum atomic E-state index is 11.4. The van der Waals surface area contributed by atoms with Crippen LogP contribution in [0.15, 0.2) is 42.6 Å². The van der Waals surface area contributed by atoms with Gasteiger partial charge in [0.05, 0.1) is 5.56 Å². The molecule has 1 N–H and O–H groups in total. The number of aromatic carboxylic acids is 1. The average Bonchev–Trinajstić information content (AvgIpc) is 2.76. The number of aryl methyl sites for hydroxylation is 3. The van der Waals surface area contributed by atoms with E-state index >= 15 is 0 Å². The zero-order chi connectivity index (χ0) is 15.1. The Kier molecular flexibility index (Phi) is 3.05. The summed E-state index contributed by atoms with van der Waals surface area (Å²) in [5, 5.41) is 10.1. The molecule has 0 saturated carbocycles. The van der Waals surface area contributed by atoms with Crippen LogP contribution in [0.3, 0.4) is 0 Å². The Bertz CT molecular complexity index is 859. The SMILES string of the molecule is Cc1ccc(-c2ccc3c(c2)c(C(=O)O)cn3C)c(C)c1. The number of hydrogen-bond donors (Lipinski definition) is 1. The number of benzene rings is 2. The number of carboxylic acid groups (broad SMARTS) is 1. The molecule has 0 spiro atoms. The van der Waals surface area contributed by atoms with Gasteiger partial charge in [-0.1, -0.05) is 29.8 Å². The number of rotatable bonds is 2. The van der Waals surface area contributed by atoms with Gasteiger partial charge < -0.3 is 9.67 Å². The molecule has 3 aromatic rings. The molecule has 0 aliphatic rings. The molecule has 21 heavy (non-hydrogen) atoms. The van der Waals surface area contributed by atoms with Gasteiger partial charge in [0.1, 0.15) is 0 Å². The Hall–Kier alpha value is -2.55. The van der Waals surface area contributed by atoms with E-state index in [1.165, 1.54) is 11.1 Å². The highest BCUT2D eigenvalue weighted by Gasteiger charge is 2.14. The quantitative estimate of drug-likeness (QED) is 0.765. The van der Waals surface area contributed by atoms with Crippen molar-refractivity contribution >= 4 is 16.9 Å². The lowest BCUT2D eigenvalue weighted by atomic mass is 9.97. The Morgan fingerprint density at radius 3 is 2.52 bits per heavy atom. The van der Waals surface area contributed by atoms with Crippen LogP contribution in [0.2, 0.25) is 0 Å². The molecule has 0 radical (unpaired) electrons. The number of aromatic nitrogens is 1. The summed E-state index contributed by atoms with van der Waals surface area (Å²) in [4.78, 5) is 11.4. The predicted molar refractivity (Wildman–Crippen MR) is 84.8 cm³/mol. The summed E-state index contributed by atoms with van der Waals surface area (Å²) in [5.74, 6) is -0.890. The first kappa shape index (κ1) is 13.4. The highest BCUT2D eigenvalue weighted by atomic mass is 16.4. The summed E-state index contributed by atoms with van der Waals surface area (Å²) < 4.78 is 1.85. The fraction of sp³-hybridized carbons (Fsp3) is 0.167. The van der Waals surface area contributed by atoms with Gasteiger partial charge in [-0.25, -0.2) is 4.79 Å². The van der Waals surface area contributed by atoms with E-state index < -0.39 is 5.97 Å². The number of hydrogen-bond acceptors (Lipinski definition) is 1. The minimum Gasteiger partial charge on any atom is -0.478 e. The summed E-state index contributed by atoms with van der Waals surface area (Å²) >= 11 is 0. The van der Waals surface area contributed by atoms with E-state index in [1.54, 1.807) is 6.20 Å². The molecule has 1 heterocycles. The Labute approximate surface area is 123 Å². The van der Waals surface area contributed by atoms with Crippen molar-refractivity contribution in [2.24, 2.45) is 7.05 Å². The first-order valence-electron chi connectivity index (χ1n) is 6.87. The van der Waals surface area contributed by atoms with Crippen LogP contribution in [0.25, 0.3) is 22.0 Å². The first-order valence-corrected chi connectivity index (χ1v) is 6.87. The molecule has 0 aliphatic carbocycles. The van der Waals surface area contributed by atoms with E-state index in [-0.39, 0.29) is 0 Å². The van der Waals surface area contributed by atoms with Crippen molar-refractivity contribution in [1.82, 2.24) is 4.57 Å².